The number of esters is 1. The van der Waals surface area contributed by atoms with Gasteiger partial charge in [-0.05, 0) is 30.3 Å². The molecule has 132 valence electrons. The number of hydrogen-bond donors (Lipinski definition) is 1. The molecular weight excluding hydrogens is 341 g/mol. The Morgan fingerprint density at radius 2 is 1.96 bits per heavy atom. The molecule has 3 rings (SSSR count). The van der Waals surface area contributed by atoms with Gasteiger partial charge in [0.2, 0.25) is 5.91 Å². The van der Waals surface area contributed by atoms with E-state index in [1.165, 1.54) is 37.3 Å². The van der Waals surface area contributed by atoms with Gasteiger partial charge in [-0.2, -0.15) is 0 Å². The van der Waals surface area contributed by atoms with Crippen LogP contribution in [0.2, 0.25) is 0 Å². The summed E-state index contributed by atoms with van der Waals surface area (Å²) in [6.07, 6.45) is 0. The van der Waals surface area contributed by atoms with E-state index in [0.29, 0.717) is 16.6 Å². The lowest BCUT2D eigenvalue weighted by atomic mass is 10.1. The molecule has 0 saturated carbocycles. The quantitative estimate of drug-likeness (QED) is 0.573. The predicted molar refractivity (Wildman–Crippen MR) is 92.3 cm³/mol. The number of halogens is 1. The Morgan fingerprint density at radius 1 is 1.15 bits per heavy atom. The molecule has 0 aliphatic rings. The van der Waals surface area contributed by atoms with Gasteiger partial charge in [0.05, 0.1) is 5.56 Å². The summed E-state index contributed by atoms with van der Waals surface area (Å²) in [4.78, 5) is 34.9. The fourth-order valence-electron chi connectivity index (χ4n) is 2.47. The van der Waals surface area contributed by atoms with Crippen LogP contribution in [0.3, 0.4) is 0 Å². The molecule has 0 spiro atoms. The van der Waals surface area contributed by atoms with E-state index in [-0.39, 0.29) is 23.7 Å². The molecular formula is C19H14FNO5. The molecule has 0 radical (unpaired) electrons. The van der Waals surface area contributed by atoms with Crippen molar-refractivity contribution < 1.29 is 23.1 Å². The lowest BCUT2D eigenvalue weighted by Gasteiger charge is -2.09. The molecule has 7 heteroatoms. The molecule has 3 aromatic rings. The van der Waals surface area contributed by atoms with Gasteiger partial charge in [-0.3, -0.25) is 4.79 Å². The number of benzene rings is 2. The Kier molecular flexibility index (Phi) is 4.79. The highest BCUT2D eigenvalue weighted by Crippen LogP contribution is 2.22. The average Bonchev–Trinajstić information content (AvgIpc) is 2.58. The molecule has 0 saturated heterocycles. The van der Waals surface area contributed by atoms with E-state index >= 15 is 0 Å². The largest absolute Gasteiger partial charge is 0.457 e. The Bertz CT molecular complexity index is 1060. The molecule has 0 fully saturated rings. The van der Waals surface area contributed by atoms with E-state index in [1.54, 1.807) is 12.1 Å². The average molecular weight is 355 g/mol. The molecule has 2 aromatic carbocycles. The zero-order valence-electron chi connectivity index (χ0n) is 13.7. The van der Waals surface area contributed by atoms with Crippen molar-refractivity contribution in [2.45, 2.75) is 13.5 Å². The van der Waals surface area contributed by atoms with Crippen LogP contribution in [-0.4, -0.2) is 11.9 Å². The first-order valence-electron chi connectivity index (χ1n) is 7.69. The van der Waals surface area contributed by atoms with Crippen molar-refractivity contribution in [3.8, 4) is 0 Å². The number of ether oxygens (including phenoxy) is 1. The first-order valence-corrected chi connectivity index (χ1v) is 7.69. The van der Waals surface area contributed by atoms with E-state index in [2.05, 4.69) is 5.32 Å². The minimum Gasteiger partial charge on any atom is -0.457 e. The maximum absolute atomic E-state index is 13.2. The van der Waals surface area contributed by atoms with Crippen molar-refractivity contribution in [2.75, 3.05) is 5.32 Å². The third kappa shape index (κ3) is 3.94. The summed E-state index contributed by atoms with van der Waals surface area (Å²) in [7, 11) is 0. The van der Waals surface area contributed by atoms with E-state index < -0.39 is 17.4 Å². The molecule has 0 atom stereocenters. The van der Waals surface area contributed by atoms with Crippen molar-refractivity contribution in [3.05, 3.63) is 75.9 Å². The van der Waals surface area contributed by atoms with Gasteiger partial charge in [0.15, 0.2) is 0 Å². The van der Waals surface area contributed by atoms with E-state index in [4.69, 9.17) is 9.15 Å². The second kappa shape index (κ2) is 7.18. The van der Waals surface area contributed by atoms with Gasteiger partial charge in [-0.15, -0.1) is 0 Å². The fraction of sp³-hybridized carbons (Fsp3) is 0.105. The van der Waals surface area contributed by atoms with Crippen molar-refractivity contribution in [1.29, 1.82) is 0 Å². The minimum atomic E-state index is -0.708. The molecule has 1 N–H and O–H groups in total. The summed E-state index contributed by atoms with van der Waals surface area (Å²) >= 11 is 0. The summed E-state index contributed by atoms with van der Waals surface area (Å²) < 4.78 is 23.5. The standard InChI is InChI=1S/C19H14FNO5/c1-11(22)21-15-5-6-16-13(8-18(23)26-17(16)9-15)10-25-19(24)12-3-2-4-14(20)7-12/h2-9H,10H2,1H3,(H,21,22). The number of nitrogens with one attached hydrogen (secondary N) is 1. The molecule has 26 heavy (non-hydrogen) atoms. The molecule has 1 aromatic heterocycles. The van der Waals surface area contributed by atoms with E-state index in [1.807, 2.05) is 0 Å². The third-order valence-electron chi connectivity index (χ3n) is 3.57. The van der Waals surface area contributed by atoms with Crippen molar-refractivity contribution in [2.24, 2.45) is 0 Å². The van der Waals surface area contributed by atoms with Crippen LogP contribution in [0.4, 0.5) is 10.1 Å². The van der Waals surface area contributed by atoms with Crippen LogP contribution in [0.5, 0.6) is 0 Å². The highest BCUT2D eigenvalue weighted by atomic mass is 19.1. The maximum Gasteiger partial charge on any atom is 0.338 e. The Hall–Kier alpha value is -3.48. The topological polar surface area (TPSA) is 85.6 Å². The Labute approximate surface area is 147 Å². The number of amides is 1. The minimum absolute atomic E-state index is 0.0743. The summed E-state index contributed by atoms with van der Waals surface area (Å²) in [5, 5.41) is 3.15. The van der Waals surface area contributed by atoms with Crippen LogP contribution in [0.1, 0.15) is 22.8 Å². The van der Waals surface area contributed by atoms with Gasteiger partial charge in [0.1, 0.15) is 18.0 Å². The lowest BCUT2D eigenvalue weighted by Crippen LogP contribution is -2.09. The molecule has 0 bridgehead atoms. The number of carbonyl (C=O) groups is 2. The van der Waals surface area contributed by atoms with Crippen molar-refractivity contribution in [3.63, 3.8) is 0 Å². The SMILES string of the molecule is CC(=O)Nc1ccc2c(COC(=O)c3cccc(F)c3)cc(=O)oc2c1. The van der Waals surface area contributed by atoms with E-state index in [0.717, 1.165) is 6.07 Å². The first kappa shape index (κ1) is 17.3. The molecule has 0 unspecified atom stereocenters. The summed E-state index contributed by atoms with van der Waals surface area (Å²) in [5.74, 6) is -1.51. The monoisotopic (exact) mass is 355 g/mol. The molecule has 0 aliphatic heterocycles. The van der Waals surface area contributed by atoms with Crippen molar-refractivity contribution in [1.82, 2.24) is 0 Å². The van der Waals surface area contributed by atoms with Gasteiger partial charge in [0.25, 0.3) is 0 Å². The van der Waals surface area contributed by atoms with Crippen LogP contribution in [0, 0.1) is 5.82 Å². The van der Waals surface area contributed by atoms with Crippen LogP contribution in [0.15, 0.2) is 57.7 Å². The van der Waals surface area contributed by atoms with Gasteiger partial charge in [0, 0.05) is 35.7 Å². The highest BCUT2D eigenvalue weighted by Gasteiger charge is 2.12. The fourth-order valence-corrected chi connectivity index (χ4v) is 2.47. The molecule has 1 amide bonds. The number of fused-ring (bicyclic) bond motifs is 1. The molecule has 0 aliphatic carbocycles. The second-order valence-electron chi connectivity index (χ2n) is 5.57. The Morgan fingerprint density at radius 3 is 2.69 bits per heavy atom. The van der Waals surface area contributed by atoms with Crippen LogP contribution >= 0.6 is 0 Å². The maximum atomic E-state index is 13.2. The van der Waals surface area contributed by atoms with Gasteiger partial charge in [-0.25, -0.2) is 14.0 Å². The first-order chi connectivity index (χ1) is 12.4. The number of rotatable bonds is 4. The molecule has 6 nitrogen and oxygen atoms in total. The number of anilines is 1. The summed E-state index contributed by atoms with van der Waals surface area (Å²) in [6.45, 7) is 1.18. The van der Waals surface area contributed by atoms with Gasteiger partial charge >= 0.3 is 11.6 Å². The third-order valence-corrected chi connectivity index (χ3v) is 3.57. The zero-order chi connectivity index (χ0) is 18.7. The zero-order valence-corrected chi connectivity index (χ0v) is 13.7. The van der Waals surface area contributed by atoms with Crippen LogP contribution in [0.25, 0.3) is 11.0 Å². The summed E-state index contributed by atoms with van der Waals surface area (Å²) in [6, 6.07) is 11.1. The summed E-state index contributed by atoms with van der Waals surface area (Å²) in [5.41, 5.74) is 0.623. The predicted octanol–water partition coefficient (Wildman–Crippen LogP) is 3.25. The van der Waals surface area contributed by atoms with Gasteiger partial charge in [-0.1, -0.05) is 6.07 Å². The lowest BCUT2D eigenvalue weighted by molar-refractivity contribution is -0.114. The highest BCUT2D eigenvalue weighted by molar-refractivity contribution is 5.92. The van der Waals surface area contributed by atoms with Crippen LogP contribution in [-0.2, 0) is 16.1 Å². The number of carbonyl (C=O) groups excluding carboxylic acids is 2. The van der Waals surface area contributed by atoms with Gasteiger partial charge < -0.3 is 14.5 Å². The second-order valence-corrected chi connectivity index (χ2v) is 5.57. The van der Waals surface area contributed by atoms with Crippen molar-refractivity contribution >= 4 is 28.5 Å². The number of hydrogen-bond acceptors (Lipinski definition) is 5. The molecule has 1 heterocycles. The van der Waals surface area contributed by atoms with Crippen LogP contribution < -0.4 is 10.9 Å². The smallest absolute Gasteiger partial charge is 0.338 e. The van der Waals surface area contributed by atoms with E-state index in [9.17, 15) is 18.8 Å². The normalized spacial score (nSPS) is 10.5. The Balaban J connectivity index is 1.86.